The van der Waals surface area contributed by atoms with Crippen molar-refractivity contribution in [2.75, 3.05) is 11.4 Å². The predicted octanol–water partition coefficient (Wildman–Crippen LogP) is 2.32. The Labute approximate surface area is 108 Å². The fourth-order valence-corrected chi connectivity index (χ4v) is 2.83. The van der Waals surface area contributed by atoms with Gasteiger partial charge in [-0.25, -0.2) is 4.98 Å². The Bertz CT molecular complexity index is 456. The van der Waals surface area contributed by atoms with Gasteiger partial charge in [-0.3, -0.25) is 0 Å². The normalized spacial score (nSPS) is 19.7. The molecular weight excluding hydrogens is 230 g/mol. The second-order valence-electron chi connectivity index (χ2n) is 4.83. The van der Waals surface area contributed by atoms with Gasteiger partial charge in [0, 0.05) is 18.3 Å². The minimum Gasteiger partial charge on any atom is -0.389 e. The summed E-state index contributed by atoms with van der Waals surface area (Å²) in [5.74, 6) is 0.972. The standard InChI is InChI=1S/C13H19N3S/c1-8-7-9(2)15-13(11(8)12(14)17)16-6-4-5-10(16)3/h7,10H,4-6H2,1-3H3,(H2,14,17). The highest BCUT2D eigenvalue weighted by molar-refractivity contribution is 7.80. The molecule has 1 aromatic rings. The number of nitrogens with zero attached hydrogens (tertiary/aromatic N) is 2. The number of anilines is 1. The van der Waals surface area contributed by atoms with Gasteiger partial charge < -0.3 is 10.6 Å². The van der Waals surface area contributed by atoms with Crippen LogP contribution in [0.15, 0.2) is 6.07 Å². The summed E-state index contributed by atoms with van der Waals surface area (Å²) in [4.78, 5) is 7.42. The quantitative estimate of drug-likeness (QED) is 0.817. The van der Waals surface area contributed by atoms with Gasteiger partial charge in [0.05, 0.1) is 5.56 Å². The fourth-order valence-electron chi connectivity index (χ4n) is 2.58. The van der Waals surface area contributed by atoms with Crippen molar-refractivity contribution in [3.8, 4) is 0 Å². The van der Waals surface area contributed by atoms with Crippen LogP contribution in [0.2, 0.25) is 0 Å². The first-order valence-corrected chi connectivity index (χ1v) is 6.46. The molecule has 1 aromatic heterocycles. The molecule has 1 unspecified atom stereocenters. The molecule has 3 nitrogen and oxygen atoms in total. The monoisotopic (exact) mass is 249 g/mol. The molecule has 0 saturated carbocycles. The second-order valence-corrected chi connectivity index (χ2v) is 5.27. The summed E-state index contributed by atoms with van der Waals surface area (Å²) >= 11 is 5.17. The molecule has 17 heavy (non-hydrogen) atoms. The summed E-state index contributed by atoms with van der Waals surface area (Å²) in [6, 6.07) is 2.57. The first kappa shape index (κ1) is 12.3. The minimum absolute atomic E-state index is 0.448. The summed E-state index contributed by atoms with van der Waals surface area (Å²) in [7, 11) is 0. The molecule has 1 aliphatic heterocycles. The van der Waals surface area contributed by atoms with E-state index in [0.29, 0.717) is 11.0 Å². The van der Waals surface area contributed by atoms with E-state index in [2.05, 4.69) is 16.8 Å². The molecule has 1 saturated heterocycles. The maximum Gasteiger partial charge on any atom is 0.139 e. The lowest BCUT2D eigenvalue weighted by molar-refractivity contribution is 0.725. The molecule has 1 fully saturated rings. The van der Waals surface area contributed by atoms with E-state index in [1.807, 2.05) is 19.9 Å². The van der Waals surface area contributed by atoms with Crippen LogP contribution in [0, 0.1) is 13.8 Å². The van der Waals surface area contributed by atoms with E-state index in [1.54, 1.807) is 0 Å². The number of rotatable bonds is 2. The van der Waals surface area contributed by atoms with Crippen LogP contribution < -0.4 is 10.6 Å². The number of hydrogen-bond acceptors (Lipinski definition) is 3. The average molecular weight is 249 g/mol. The van der Waals surface area contributed by atoms with Crippen molar-refractivity contribution < 1.29 is 0 Å². The minimum atomic E-state index is 0.448. The van der Waals surface area contributed by atoms with Crippen LogP contribution in [0.1, 0.15) is 36.6 Å². The molecule has 0 amide bonds. The van der Waals surface area contributed by atoms with Gasteiger partial charge >= 0.3 is 0 Å². The van der Waals surface area contributed by atoms with Crippen molar-refractivity contribution >= 4 is 23.0 Å². The topological polar surface area (TPSA) is 42.1 Å². The Morgan fingerprint density at radius 2 is 2.24 bits per heavy atom. The Kier molecular flexibility index (Phi) is 3.33. The van der Waals surface area contributed by atoms with Gasteiger partial charge in [-0.2, -0.15) is 0 Å². The van der Waals surface area contributed by atoms with Crippen molar-refractivity contribution in [1.82, 2.24) is 4.98 Å². The van der Waals surface area contributed by atoms with E-state index < -0.39 is 0 Å². The lowest BCUT2D eigenvalue weighted by Crippen LogP contribution is -2.30. The lowest BCUT2D eigenvalue weighted by atomic mass is 10.1. The molecular formula is C13H19N3S. The van der Waals surface area contributed by atoms with Gasteiger partial charge in [0.2, 0.25) is 0 Å². The summed E-state index contributed by atoms with van der Waals surface area (Å²) in [6.45, 7) is 7.34. The van der Waals surface area contributed by atoms with Crippen LogP contribution in [0.4, 0.5) is 5.82 Å². The predicted molar refractivity (Wildman–Crippen MR) is 75.6 cm³/mol. The fraction of sp³-hybridized carbons (Fsp3) is 0.538. The first-order valence-electron chi connectivity index (χ1n) is 6.05. The number of hydrogen-bond donors (Lipinski definition) is 1. The van der Waals surface area contributed by atoms with E-state index in [0.717, 1.165) is 29.2 Å². The Balaban J connectivity index is 2.54. The van der Waals surface area contributed by atoms with Crippen molar-refractivity contribution in [2.24, 2.45) is 5.73 Å². The van der Waals surface area contributed by atoms with Crippen LogP contribution in [0.25, 0.3) is 0 Å². The molecule has 1 aliphatic rings. The molecule has 0 bridgehead atoms. The van der Waals surface area contributed by atoms with Crippen molar-refractivity contribution in [2.45, 2.75) is 39.7 Å². The zero-order valence-electron chi connectivity index (χ0n) is 10.7. The van der Waals surface area contributed by atoms with Gasteiger partial charge in [-0.1, -0.05) is 12.2 Å². The highest BCUT2D eigenvalue weighted by atomic mass is 32.1. The van der Waals surface area contributed by atoms with E-state index in [1.165, 1.54) is 12.8 Å². The Hall–Kier alpha value is -1.16. The Morgan fingerprint density at radius 3 is 2.76 bits per heavy atom. The van der Waals surface area contributed by atoms with E-state index in [4.69, 9.17) is 18.0 Å². The SMILES string of the molecule is Cc1cc(C)c(C(N)=S)c(N2CCCC2C)n1. The number of nitrogens with two attached hydrogens (primary N) is 1. The molecule has 0 spiro atoms. The van der Waals surface area contributed by atoms with Gasteiger partial charge in [-0.15, -0.1) is 0 Å². The van der Waals surface area contributed by atoms with E-state index in [9.17, 15) is 0 Å². The smallest absolute Gasteiger partial charge is 0.139 e. The highest BCUT2D eigenvalue weighted by Gasteiger charge is 2.25. The molecule has 4 heteroatoms. The van der Waals surface area contributed by atoms with Gasteiger partial charge in [0.25, 0.3) is 0 Å². The summed E-state index contributed by atoms with van der Waals surface area (Å²) in [5, 5.41) is 0. The van der Waals surface area contributed by atoms with Crippen LogP contribution in [0.3, 0.4) is 0 Å². The largest absolute Gasteiger partial charge is 0.389 e. The van der Waals surface area contributed by atoms with Gasteiger partial charge in [0.15, 0.2) is 0 Å². The second kappa shape index (κ2) is 4.61. The number of aryl methyl sites for hydroxylation is 2. The maximum absolute atomic E-state index is 5.84. The van der Waals surface area contributed by atoms with Crippen molar-refractivity contribution in [3.05, 3.63) is 22.9 Å². The average Bonchev–Trinajstić information content (AvgIpc) is 2.62. The molecule has 0 radical (unpaired) electrons. The van der Waals surface area contributed by atoms with Crippen LogP contribution in [0.5, 0.6) is 0 Å². The van der Waals surface area contributed by atoms with Crippen LogP contribution in [-0.2, 0) is 0 Å². The first-order chi connectivity index (χ1) is 8.00. The maximum atomic E-state index is 5.84. The molecule has 1 atom stereocenters. The molecule has 0 aromatic carbocycles. The van der Waals surface area contributed by atoms with E-state index in [-0.39, 0.29) is 0 Å². The molecule has 2 N–H and O–H groups in total. The summed E-state index contributed by atoms with van der Waals surface area (Å²) < 4.78 is 0. The molecule has 2 heterocycles. The third-order valence-corrected chi connectivity index (χ3v) is 3.60. The number of aromatic nitrogens is 1. The summed E-state index contributed by atoms with van der Waals surface area (Å²) in [6.07, 6.45) is 2.43. The number of thiocarbonyl (C=S) groups is 1. The highest BCUT2D eigenvalue weighted by Crippen LogP contribution is 2.29. The van der Waals surface area contributed by atoms with Crippen molar-refractivity contribution in [3.63, 3.8) is 0 Å². The number of pyridine rings is 1. The van der Waals surface area contributed by atoms with Crippen molar-refractivity contribution in [1.29, 1.82) is 0 Å². The summed E-state index contributed by atoms with van der Waals surface area (Å²) in [5.41, 5.74) is 8.94. The van der Waals surface area contributed by atoms with Gasteiger partial charge in [0.1, 0.15) is 10.8 Å². The van der Waals surface area contributed by atoms with Crippen LogP contribution >= 0.6 is 12.2 Å². The third kappa shape index (κ3) is 2.27. The molecule has 92 valence electrons. The third-order valence-electron chi connectivity index (χ3n) is 3.40. The molecule has 2 rings (SSSR count). The lowest BCUT2D eigenvalue weighted by Gasteiger charge is -2.26. The zero-order chi connectivity index (χ0) is 12.6. The van der Waals surface area contributed by atoms with Gasteiger partial charge in [-0.05, 0) is 45.2 Å². The van der Waals surface area contributed by atoms with E-state index >= 15 is 0 Å². The Morgan fingerprint density at radius 1 is 1.53 bits per heavy atom. The van der Waals surface area contributed by atoms with Crippen LogP contribution in [-0.4, -0.2) is 22.6 Å². The zero-order valence-corrected chi connectivity index (χ0v) is 11.5. The molecule has 0 aliphatic carbocycles.